The van der Waals surface area contributed by atoms with Gasteiger partial charge in [-0.2, -0.15) is 0 Å². The minimum atomic E-state index is -0.626. The van der Waals surface area contributed by atoms with E-state index in [0.29, 0.717) is 25.1 Å². The average molecular weight is 399 g/mol. The van der Waals surface area contributed by atoms with E-state index in [2.05, 4.69) is 10.6 Å². The molecule has 4 fully saturated rings. The van der Waals surface area contributed by atoms with Crippen LogP contribution in [0.15, 0.2) is 18.3 Å². The van der Waals surface area contributed by atoms with Crippen molar-refractivity contribution in [3.05, 3.63) is 24.0 Å². The van der Waals surface area contributed by atoms with Crippen molar-refractivity contribution in [3.63, 3.8) is 0 Å². The Bertz CT molecular complexity index is 891. The zero-order chi connectivity index (χ0) is 20.3. The lowest BCUT2D eigenvalue weighted by molar-refractivity contribution is -0.145. The van der Waals surface area contributed by atoms with Crippen LogP contribution in [0.25, 0.3) is 0 Å². The summed E-state index contributed by atoms with van der Waals surface area (Å²) in [4.78, 5) is 54.6. The summed E-state index contributed by atoms with van der Waals surface area (Å²) in [6, 6.07) is 1.66. The van der Waals surface area contributed by atoms with E-state index in [0.717, 1.165) is 12.8 Å². The Morgan fingerprint density at radius 2 is 2.00 bits per heavy atom. The highest BCUT2D eigenvalue weighted by Crippen LogP contribution is 2.35. The maximum Gasteiger partial charge on any atom is 0.268 e. The van der Waals surface area contributed by atoms with Crippen LogP contribution >= 0.6 is 0 Å². The molecule has 2 N–H and O–H groups in total. The molecule has 154 valence electrons. The number of carbonyl (C=O) groups is 4. The highest BCUT2D eigenvalue weighted by Gasteiger charge is 2.53. The van der Waals surface area contributed by atoms with Crippen LogP contribution in [0.3, 0.4) is 0 Å². The van der Waals surface area contributed by atoms with Crippen molar-refractivity contribution in [3.8, 4) is 0 Å². The molecule has 1 aromatic rings. The molecule has 4 atom stereocenters. The molecule has 5 rings (SSSR count). The highest BCUT2D eigenvalue weighted by atomic mass is 16.2. The van der Waals surface area contributed by atoms with Gasteiger partial charge in [0.25, 0.3) is 5.91 Å². The first-order chi connectivity index (χ1) is 13.9. The molecule has 9 heteroatoms. The number of likely N-dealkylation sites (tertiary alicyclic amines) is 1. The Balaban J connectivity index is 1.33. The molecular weight excluding hydrogens is 374 g/mol. The number of aromatic nitrogens is 1. The molecule has 0 spiro atoms. The van der Waals surface area contributed by atoms with E-state index in [1.807, 2.05) is 0 Å². The van der Waals surface area contributed by atoms with Gasteiger partial charge in [-0.05, 0) is 37.8 Å². The number of hydrogen-bond donors (Lipinski definition) is 2. The Kier molecular flexibility index (Phi) is 4.15. The molecule has 4 aliphatic rings. The smallest absolute Gasteiger partial charge is 0.268 e. The Morgan fingerprint density at radius 3 is 2.69 bits per heavy atom. The van der Waals surface area contributed by atoms with Crippen LogP contribution in [0.2, 0.25) is 0 Å². The standard InChI is InChI=1S/C20H25N5O4/c1-23-7-2-3-14(23)17(26)21-12-9-15-18(27)22-13-6-8-24(19(28)11-4-5-11)16(13)20(29)25(15)10-12/h2-3,7,11-13,15-16H,4-6,8-10H2,1H3,(H,21,26)(H,22,27)/t12-,13-,15+,16+/m1/s1. The van der Waals surface area contributed by atoms with Gasteiger partial charge in [0.05, 0.1) is 6.04 Å². The first-order valence-corrected chi connectivity index (χ1v) is 10.3. The first kappa shape index (κ1) is 18.2. The van der Waals surface area contributed by atoms with Crippen molar-refractivity contribution >= 4 is 23.6 Å². The SMILES string of the molecule is Cn1cccc1C(=O)N[C@@H]1C[C@H]2C(=O)N[C@@H]3CCN(C(=O)C4CC4)[C@@H]3C(=O)N2C1. The lowest BCUT2D eigenvalue weighted by Crippen LogP contribution is -2.53. The van der Waals surface area contributed by atoms with Crippen LogP contribution < -0.4 is 10.6 Å². The summed E-state index contributed by atoms with van der Waals surface area (Å²) in [5.74, 6) is -0.529. The van der Waals surface area contributed by atoms with Gasteiger partial charge in [0.1, 0.15) is 17.8 Å². The number of nitrogens with one attached hydrogen (secondary N) is 2. The Morgan fingerprint density at radius 1 is 1.21 bits per heavy atom. The van der Waals surface area contributed by atoms with E-state index in [9.17, 15) is 19.2 Å². The fraction of sp³-hybridized carbons (Fsp3) is 0.600. The van der Waals surface area contributed by atoms with Crippen molar-refractivity contribution in [2.24, 2.45) is 13.0 Å². The minimum Gasteiger partial charge on any atom is -0.349 e. The predicted octanol–water partition coefficient (Wildman–Crippen LogP) is -0.766. The first-order valence-electron chi connectivity index (χ1n) is 10.3. The van der Waals surface area contributed by atoms with Gasteiger partial charge in [0, 0.05) is 38.3 Å². The number of fused-ring (bicyclic) bond motifs is 2. The zero-order valence-electron chi connectivity index (χ0n) is 16.3. The second-order valence-electron chi connectivity index (χ2n) is 8.57. The maximum atomic E-state index is 13.3. The Labute approximate surface area is 168 Å². The summed E-state index contributed by atoms with van der Waals surface area (Å²) in [6.07, 6.45) is 4.54. The average Bonchev–Trinajstić information content (AvgIpc) is 3.13. The fourth-order valence-electron chi connectivity index (χ4n) is 4.90. The number of rotatable bonds is 3. The van der Waals surface area contributed by atoms with E-state index >= 15 is 0 Å². The van der Waals surface area contributed by atoms with E-state index in [4.69, 9.17) is 0 Å². The zero-order valence-corrected chi connectivity index (χ0v) is 16.3. The molecule has 3 saturated heterocycles. The summed E-state index contributed by atoms with van der Waals surface area (Å²) in [7, 11) is 1.79. The van der Waals surface area contributed by atoms with Crippen molar-refractivity contribution in [1.82, 2.24) is 25.0 Å². The highest BCUT2D eigenvalue weighted by molar-refractivity contribution is 5.97. The summed E-state index contributed by atoms with van der Waals surface area (Å²) in [6.45, 7) is 0.782. The number of amides is 4. The van der Waals surface area contributed by atoms with Crippen molar-refractivity contribution in [2.45, 2.75) is 49.9 Å². The third kappa shape index (κ3) is 2.99. The number of aryl methyl sites for hydroxylation is 1. The van der Waals surface area contributed by atoms with E-state index in [1.54, 1.807) is 39.7 Å². The van der Waals surface area contributed by atoms with Gasteiger partial charge >= 0.3 is 0 Å². The lowest BCUT2D eigenvalue weighted by Gasteiger charge is -2.29. The second kappa shape index (κ2) is 6.60. The molecule has 29 heavy (non-hydrogen) atoms. The molecule has 0 aromatic carbocycles. The van der Waals surface area contributed by atoms with Gasteiger partial charge in [0.15, 0.2) is 0 Å². The third-order valence-electron chi connectivity index (χ3n) is 6.59. The van der Waals surface area contributed by atoms with Gasteiger partial charge < -0.3 is 25.0 Å². The van der Waals surface area contributed by atoms with Crippen LogP contribution in [-0.4, -0.2) is 75.3 Å². The molecule has 0 radical (unpaired) electrons. The summed E-state index contributed by atoms with van der Waals surface area (Å²) >= 11 is 0. The van der Waals surface area contributed by atoms with Gasteiger partial charge in [-0.1, -0.05) is 0 Å². The second-order valence-corrected chi connectivity index (χ2v) is 8.57. The van der Waals surface area contributed by atoms with E-state index in [1.165, 1.54) is 0 Å². The fourth-order valence-corrected chi connectivity index (χ4v) is 4.90. The van der Waals surface area contributed by atoms with Gasteiger partial charge in [-0.25, -0.2) is 0 Å². The van der Waals surface area contributed by atoms with Gasteiger partial charge in [-0.15, -0.1) is 0 Å². The van der Waals surface area contributed by atoms with Crippen LogP contribution in [0, 0.1) is 5.92 Å². The number of carbonyl (C=O) groups excluding carboxylic acids is 4. The van der Waals surface area contributed by atoms with E-state index < -0.39 is 12.1 Å². The van der Waals surface area contributed by atoms with Crippen molar-refractivity contribution in [2.75, 3.05) is 13.1 Å². The maximum absolute atomic E-state index is 13.3. The van der Waals surface area contributed by atoms with Crippen LogP contribution in [0.1, 0.15) is 36.2 Å². The molecule has 0 bridgehead atoms. The van der Waals surface area contributed by atoms with E-state index in [-0.39, 0.29) is 48.2 Å². The van der Waals surface area contributed by atoms with Crippen LogP contribution in [0.5, 0.6) is 0 Å². The molecule has 4 heterocycles. The normalized spacial score (nSPS) is 31.2. The summed E-state index contributed by atoms with van der Waals surface area (Å²) in [5, 5.41) is 5.93. The van der Waals surface area contributed by atoms with Crippen LogP contribution in [-0.2, 0) is 21.4 Å². The van der Waals surface area contributed by atoms with Crippen molar-refractivity contribution < 1.29 is 19.2 Å². The third-order valence-corrected chi connectivity index (χ3v) is 6.59. The van der Waals surface area contributed by atoms with Gasteiger partial charge in [0.2, 0.25) is 17.7 Å². The lowest BCUT2D eigenvalue weighted by atomic mass is 10.1. The quantitative estimate of drug-likeness (QED) is 0.697. The molecule has 1 saturated carbocycles. The largest absolute Gasteiger partial charge is 0.349 e. The molecular formula is C20H25N5O4. The molecule has 1 aliphatic carbocycles. The monoisotopic (exact) mass is 399 g/mol. The summed E-state index contributed by atoms with van der Waals surface area (Å²) < 4.78 is 1.73. The number of nitrogens with zero attached hydrogens (tertiary/aromatic N) is 3. The number of hydrogen-bond acceptors (Lipinski definition) is 4. The molecule has 4 amide bonds. The molecule has 1 aromatic heterocycles. The topological polar surface area (TPSA) is 104 Å². The molecule has 3 aliphatic heterocycles. The van der Waals surface area contributed by atoms with Crippen molar-refractivity contribution in [1.29, 1.82) is 0 Å². The predicted molar refractivity (Wildman–Crippen MR) is 102 cm³/mol. The minimum absolute atomic E-state index is 0.0336. The molecule has 0 unspecified atom stereocenters. The molecule has 9 nitrogen and oxygen atoms in total. The van der Waals surface area contributed by atoms with Gasteiger partial charge in [-0.3, -0.25) is 19.2 Å². The Hall–Kier alpha value is -2.84. The van der Waals surface area contributed by atoms with Crippen LogP contribution in [0.4, 0.5) is 0 Å². The summed E-state index contributed by atoms with van der Waals surface area (Å²) in [5.41, 5.74) is 0.528.